The van der Waals surface area contributed by atoms with Crippen LogP contribution >= 0.6 is 0 Å². The predicted octanol–water partition coefficient (Wildman–Crippen LogP) is 5.79. The summed E-state index contributed by atoms with van der Waals surface area (Å²) in [7, 11) is 1.63. The van der Waals surface area contributed by atoms with E-state index in [1.165, 1.54) is 12.0 Å². The van der Waals surface area contributed by atoms with Crippen molar-refractivity contribution >= 4 is 11.8 Å². The van der Waals surface area contributed by atoms with Gasteiger partial charge in [-0.3, -0.25) is 4.79 Å². The van der Waals surface area contributed by atoms with Gasteiger partial charge in [0.1, 0.15) is 11.9 Å². The fourth-order valence-corrected chi connectivity index (χ4v) is 4.05. The number of benzene rings is 2. The van der Waals surface area contributed by atoms with Gasteiger partial charge in [0.05, 0.1) is 7.11 Å². The van der Waals surface area contributed by atoms with Crippen LogP contribution in [0.2, 0.25) is 0 Å². The lowest BCUT2D eigenvalue weighted by Gasteiger charge is -2.22. The van der Waals surface area contributed by atoms with Crippen molar-refractivity contribution in [3.8, 4) is 5.75 Å². The lowest BCUT2D eigenvalue weighted by Crippen LogP contribution is -2.27. The van der Waals surface area contributed by atoms with Gasteiger partial charge in [0, 0.05) is 12.3 Å². The lowest BCUT2D eigenvalue weighted by molar-refractivity contribution is -0.159. The molecule has 4 nitrogen and oxygen atoms in total. The van der Waals surface area contributed by atoms with Crippen LogP contribution in [-0.4, -0.2) is 25.0 Å². The fraction of sp³-hybridized carbons (Fsp3) is 0.462. The summed E-state index contributed by atoms with van der Waals surface area (Å²) in [5, 5.41) is 0. The summed E-state index contributed by atoms with van der Waals surface area (Å²) in [6.45, 7) is 4.31. The van der Waals surface area contributed by atoms with Crippen LogP contribution < -0.4 is 4.74 Å². The summed E-state index contributed by atoms with van der Waals surface area (Å²) >= 11 is 0. The predicted molar refractivity (Wildman–Crippen MR) is 118 cm³/mol. The molecule has 2 aromatic rings. The van der Waals surface area contributed by atoms with Crippen LogP contribution in [0.1, 0.15) is 80.9 Å². The third-order valence-electron chi connectivity index (χ3n) is 5.97. The molecule has 0 spiro atoms. The highest BCUT2D eigenvalue weighted by Crippen LogP contribution is 2.31. The molecule has 0 radical (unpaired) electrons. The molecular weight excluding hydrogens is 376 g/mol. The average molecular weight is 409 g/mol. The Morgan fingerprint density at radius 3 is 1.93 bits per heavy atom. The molecule has 3 rings (SSSR count). The molecule has 1 aliphatic carbocycles. The number of rotatable bonds is 8. The van der Waals surface area contributed by atoms with Crippen molar-refractivity contribution in [2.75, 3.05) is 7.11 Å². The first-order valence-corrected chi connectivity index (χ1v) is 11.0. The molecule has 0 aliphatic heterocycles. The smallest absolute Gasteiger partial charge is 0.374 e. The molecule has 160 valence electrons. The van der Waals surface area contributed by atoms with Gasteiger partial charge in [0.2, 0.25) is 5.78 Å². The second-order valence-corrected chi connectivity index (χ2v) is 8.44. The first-order valence-electron chi connectivity index (χ1n) is 11.0. The van der Waals surface area contributed by atoms with Crippen molar-refractivity contribution in [1.29, 1.82) is 0 Å². The molecule has 1 aliphatic rings. The molecule has 1 atom stereocenters. The van der Waals surface area contributed by atoms with E-state index in [2.05, 4.69) is 38.1 Å². The minimum absolute atomic E-state index is 0.0961. The van der Waals surface area contributed by atoms with Crippen LogP contribution in [0.3, 0.4) is 0 Å². The van der Waals surface area contributed by atoms with E-state index in [1.807, 2.05) is 24.3 Å². The second kappa shape index (κ2) is 10.4. The van der Waals surface area contributed by atoms with Crippen LogP contribution in [0.5, 0.6) is 5.75 Å². The molecule has 1 unspecified atom stereocenters. The zero-order chi connectivity index (χ0) is 21.5. The van der Waals surface area contributed by atoms with E-state index in [0.717, 1.165) is 42.6 Å². The Morgan fingerprint density at radius 1 is 0.867 bits per heavy atom. The van der Waals surface area contributed by atoms with Gasteiger partial charge in [-0.1, -0.05) is 56.7 Å². The average Bonchev–Trinajstić information content (AvgIpc) is 2.78. The molecule has 1 saturated carbocycles. The standard InChI is InChI=1S/C26H32O4/c1-18(2)19-9-11-20(12-10-19)24(21-13-15-22(29-3)16-14-21)17-25(27)26(28)30-23-7-5-4-6-8-23/h9-16,18,23-24H,4-8,17H2,1-3H3. The Labute approximate surface area is 179 Å². The second-order valence-electron chi connectivity index (χ2n) is 8.44. The first-order chi connectivity index (χ1) is 14.5. The number of ether oxygens (including phenoxy) is 2. The summed E-state index contributed by atoms with van der Waals surface area (Å²) in [6.07, 6.45) is 4.99. The minimum Gasteiger partial charge on any atom is -0.497 e. The number of methoxy groups -OCH3 is 1. The van der Waals surface area contributed by atoms with Crippen molar-refractivity contribution < 1.29 is 19.1 Å². The molecule has 0 heterocycles. The third-order valence-corrected chi connectivity index (χ3v) is 5.97. The highest BCUT2D eigenvalue weighted by molar-refractivity contribution is 6.33. The highest BCUT2D eigenvalue weighted by Gasteiger charge is 2.27. The van der Waals surface area contributed by atoms with Gasteiger partial charge in [-0.15, -0.1) is 0 Å². The van der Waals surface area contributed by atoms with Gasteiger partial charge in [-0.2, -0.15) is 0 Å². The lowest BCUT2D eigenvalue weighted by atomic mass is 9.86. The molecule has 0 amide bonds. The van der Waals surface area contributed by atoms with E-state index in [0.29, 0.717) is 5.92 Å². The molecule has 1 fully saturated rings. The molecule has 2 aromatic carbocycles. The number of esters is 1. The maximum atomic E-state index is 12.8. The SMILES string of the molecule is COc1ccc(C(CC(=O)C(=O)OC2CCCCC2)c2ccc(C(C)C)cc2)cc1. The van der Waals surface area contributed by atoms with Crippen molar-refractivity contribution in [1.82, 2.24) is 0 Å². The van der Waals surface area contributed by atoms with Gasteiger partial charge < -0.3 is 9.47 Å². The maximum absolute atomic E-state index is 12.8. The van der Waals surface area contributed by atoms with Crippen molar-refractivity contribution in [2.45, 2.75) is 70.3 Å². The molecule has 0 bridgehead atoms. The monoisotopic (exact) mass is 408 g/mol. The van der Waals surface area contributed by atoms with Gasteiger partial charge in [0.25, 0.3) is 0 Å². The Kier molecular flexibility index (Phi) is 7.67. The first kappa shape index (κ1) is 22.1. The Hall–Kier alpha value is -2.62. The van der Waals surface area contributed by atoms with Crippen molar-refractivity contribution in [3.63, 3.8) is 0 Å². The molecule has 4 heteroatoms. The molecular formula is C26H32O4. The summed E-state index contributed by atoms with van der Waals surface area (Å²) in [5.74, 6) is -0.168. The van der Waals surface area contributed by atoms with E-state index in [-0.39, 0.29) is 18.4 Å². The largest absolute Gasteiger partial charge is 0.497 e. The Morgan fingerprint density at radius 2 is 1.40 bits per heavy atom. The summed E-state index contributed by atoms with van der Waals surface area (Å²) in [6, 6.07) is 16.0. The molecule has 0 saturated heterocycles. The molecule has 0 N–H and O–H groups in total. The van der Waals surface area contributed by atoms with E-state index in [1.54, 1.807) is 7.11 Å². The number of hydrogen-bond acceptors (Lipinski definition) is 4. The van der Waals surface area contributed by atoms with E-state index < -0.39 is 11.8 Å². The topological polar surface area (TPSA) is 52.6 Å². The molecule has 0 aromatic heterocycles. The fourth-order valence-electron chi connectivity index (χ4n) is 4.05. The number of hydrogen-bond donors (Lipinski definition) is 0. The summed E-state index contributed by atoms with van der Waals surface area (Å²) in [5.41, 5.74) is 3.24. The zero-order valence-corrected chi connectivity index (χ0v) is 18.2. The van der Waals surface area contributed by atoms with Gasteiger partial charge in [-0.25, -0.2) is 4.79 Å². The van der Waals surface area contributed by atoms with Crippen LogP contribution in [0.4, 0.5) is 0 Å². The number of carbonyl (C=O) groups excluding carboxylic acids is 2. The zero-order valence-electron chi connectivity index (χ0n) is 18.2. The van der Waals surface area contributed by atoms with Crippen LogP contribution in [0, 0.1) is 0 Å². The number of ketones is 1. The van der Waals surface area contributed by atoms with Gasteiger partial charge in [-0.05, 0) is 60.4 Å². The van der Waals surface area contributed by atoms with E-state index >= 15 is 0 Å². The Bertz CT molecular complexity index is 830. The third kappa shape index (κ3) is 5.71. The van der Waals surface area contributed by atoms with E-state index in [9.17, 15) is 9.59 Å². The van der Waals surface area contributed by atoms with Gasteiger partial charge >= 0.3 is 5.97 Å². The van der Waals surface area contributed by atoms with Crippen molar-refractivity contribution in [2.24, 2.45) is 0 Å². The van der Waals surface area contributed by atoms with Crippen LogP contribution in [-0.2, 0) is 14.3 Å². The quantitative estimate of drug-likeness (QED) is 0.410. The molecule has 30 heavy (non-hydrogen) atoms. The van der Waals surface area contributed by atoms with Crippen LogP contribution in [0.15, 0.2) is 48.5 Å². The highest BCUT2D eigenvalue weighted by atomic mass is 16.5. The Balaban J connectivity index is 1.79. The number of carbonyl (C=O) groups is 2. The summed E-state index contributed by atoms with van der Waals surface area (Å²) < 4.78 is 10.8. The number of Topliss-reactive ketones (excluding diaryl/α,β-unsaturated/α-hetero) is 1. The van der Waals surface area contributed by atoms with Crippen LogP contribution in [0.25, 0.3) is 0 Å². The van der Waals surface area contributed by atoms with Crippen molar-refractivity contribution in [3.05, 3.63) is 65.2 Å². The maximum Gasteiger partial charge on any atom is 0.374 e. The van der Waals surface area contributed by atoms with Gasteiger partial charge in [0.15, 0.2) is 0 Å². The summed E-state index contributed by atoms with van der Waals surface area (Å²) in [4.78, 5) is 25.2. The minimum atomic E-state index is -0.695. The van der Waals surface area contributed by atoms with E-state index in [4.69, 9.17) is 9.47 Å². The normalized spacial score (nSPS) is 15.6.